The van der Waals surface area contributed by atoms with Crippen molar-refractivity contribution in [2.75, 3.05) is 6.54 Å². The number of ether oxygens (including phenoxy) is 1. The lowest BCUT2D eigenvalue weighted by Gasteiger charge is -2.19. The molecule has 1 amide bonds. The van der Waals surface area contributed by atoms with Crippen LogP contribution in [0.2, 0.25) is 0 Å². The van der Waals surface area contributed by atoms with Gasteiger partial charge in [0.05, 0.1) is 0 Å². The summed E-state index contributed by atoms with van der Waals surface area (Å²) in [6.45, 7) is 5.97. The highest BCUT2D eigenvalue weighted by molar-refractivity contribution is 5.67. The first-order chi connectivity index (χ1) is 8.97. The molecule has 3 heteroatoms. The van der Waals surface area contributed by atoms with Gasteiger partial charge in [-0.05, 0) is 26.3 Å². The molecule has 19 heavy (non-hydrogen) atoms. The van der Waals surface area contributed by atoms with Gasteiger partial charge in [-0.15, -0.1) is 0 Å². The fourth-order valence-corrected chi connectivity index (χ4v) is 1.33. The van der Waals surface area contributed by atoms with Crippen molar-refractivity contribution in [3.8, 4) is 0 Å². The van der Waals surface area contributed by atoms with Crippen molar-refractivity contribution in [3.05, 3.63) is 54.1 Å². The number of carbonyl (C=O) groups excluding carboxylic acids is 1. The van der Waals surface area contributed by atoms with Gasteiger partial charge >= 0.3 is 6.09 Å². The number of amides is 1. The summed E-state index contributed by atoms with van der Waals surface area (Å²) in [6, 6.07) is 10.0. The minimum Gasteiger partial charge on any atom is -0.444 e. The second kappa shape index (κ2) is 7.41. The number of nitrogens with one attached hydrogen (secondary N) is 1. The molecule has 0 aromatic heterocycles. The molecule has 1 rings (SSSR count). The lowest BCUT2D eigenvalue weighted by atomic mass is 10.2. The fraction of sp³-hybridized carbons (Fsp3) is 0.312. The maximum Gasteiger partial charge on any atom is 0.407 e. The van der Waals surface area contributed by atoms with Gasteiger partial charge < -0.3 is 10.1 Å². The minimum absolute atomic E-state index is 0.399. The summed E-state index contributed by atoms with van der Waals surface area (Å²) in [7, 11) is 0. The molecule has 0 spiro atoms. The molecule has 0 saturated carbocycles. The number of benzene rings is 1. The van der Waals surface area contributed by atoms with Crippen molar-refractivity contribution >= 4 is 12.2 Å². The first kappa shape index (κ1) is 15.0. The van der Waals surface area contributed by atoms with E-state index in [-0.39, 0.29) is 0 Å². The summed E-state index contributed by atoms with van der Waals surface area (Å²) in [5, 5.41) is 2.66. The van der Waals surface area contributed by atoms with Crippen LogP contribution in [0, 0.1) is 0 Å². The van der Waals surface area contributed by atoms with E-state index in [0.717, 1.165) is 5.56 Å². The predicted molar refractivity (Wildman–Crippen MR) is 78.9 cm³/mol. The number of carbonyl (C=O) groups is 1. The molecule has 0 bridgehead atoms. The summed E-state index contributed by atoms with van der Waals surface area (Å²) in [5.74, 6) is 0. The van der Waals surface area contributed by atoms with E-state index in [1.807, 2.05) is 75.4 Å². The Kier molecular flexibility index (Phi) is 5.86. The van der Waals surface area contributed by atoms with Crippen molar-refractivity contribution in [2.45, 2.75) is 26.4 Å². The Morgan fingerprint density at radius 1 is 1.21 bits per heavy atom. The zero-order chi connectivity index (χ0) is 14.1. The fourth-order valence-electron chi connectivity index (χ4n) is 1.33. The molecule has 1 aromatic carbocycles. The summed E-state index contributed by atoms with van der Waals surface area (Å²) in [6.07, 6.45) is 7.30. The van der Waals surface area contributed by atoms with Crippen LogP contribution >= 0.6 is 0 Å². The van der Waals surface area contributed by atoms with Crippen LogP contribution in [0.15, 0.2) is 48.6 Å². The summed E-state index contributed by atoms with van der Waals surface area (Å²) in [5.41, 5.74) is 0.688. The van der Waals surface area contributed by atoms with Gasteiger partial charge in [-0.3, -0.25) is 0 Å². The van der Waals surface area contributed by atoms with E-state index in [9.17, 15) is 4.79 Å². The Labute approximate surface area is 115 Å². The lowest BCUT2D eigenvalue weighted by molar-refractivity contribution is 0.0534. The van der Waals surface area contributed by atoms with Crippen molar-refractivity contribution in [1.29, 1.82) is 0 Å². The van der Waals surface area contributed by atoms with Crippen molar-refractivity contribution in [1.82, 2.24) is 5.32 Å². The van der Waals surface area contributed by atoms with Crippen LogP contribution in [0.3, 0.4) is 0 Å². The molecular formula is C16H21NO2. The molecule has 1 N–H and O–H groups in total. The maximum atomic E-state index is 11.3. The highest BCUT2D eigenvalue weighted by Crippen LogP contribution is 2.06. The van der Waals surface area contributed by atoms with Crippen LogP contribution in [-0.4, -0.2) is 18.2 Å². The van der Waals surface area contributed by atoms with E-state index in [1.165, 1.54) is 0 Å². The van der Waals surface area contributed by atoms with Gasteiger partial charge in [-0.1, -0.05) is 54.6 Å². The molecule has 102 valence electrons. The largest absolute Gasteiger partial charge is 0.444 e. The maximum absolute atomic E-state index is 11.3. The SMILES string of the molecule is CC(C)(C)OC(=O)NC/C=C/C=C\c1ccccc1. The molecular weight excluding hydrogens is 238 g/mol. The summed E-state index contributed by atoms with van der Waals surface area (Å²) < 4.78 is 5.11. The van der Waals surface area contributed by atoms with E-state index in [0.29, 0.717) is 6.54 Å². The summed E-state index contributed by atoms with van der Waals surface area (Å²) in [4.78, 5) is 11.3. The van der Waals surface area contributed by atoms with Crippen molar-refractivity contribution < 1.29 is 9.53 Å². The molecule has 0 aliphatic rings. The van der Waals surface area contributed by atoms with Crippen LogP contribution in [0.4, 0.5) is 4.79 Å². The van der Waals surface area contributed by atoms with Gasteiger partial charge in [-0.2, -0.15) is 0 Å². The molecule has 0 radical (unpaired) electrons. The average molecular weight is 259 g/mol. The second-order valence-corrected chi connectivity index (χ2v) is 5.08. The van der Waals surface area contributed by atoms with Crippen molar-refractivity contribution in [2.24, 2.45) is 0 Å². The highest BCUT2D eigenvalue weighted by Gasteiger charge is 2.14. The van der Waals surface area contributed by atoms with Crippen LogP contribution < -0.4 is 5.32 Å². The van der Waals surface area contributed by atoms with Crippen LogP contribution in [-0.2, 0) is 4.74 Å². The van der Waals surface area contributed by atoms with E-state index in [2.05, 4.69) is 5.32 Å². The van der Waals surface area contributed by atoms with E-state index in [1.54, 1.807) is 0 Å². The standard InChI is InChI=1S/C16H21NO2/c1-16(2,3)19-15(18)17-13-9-5-8-12-14-10-6-4-7-11-14/h4-12H,13H2,1-3H3,(H,17,18)/b9-5+,12-8-. The second-order valence-electron chi connectivity index (χ2n) is 5.08. The molecule has 0 atom stereocenters. The van der Waals surface area contributed by atoms with Crippen molar-refractivity contribution in [3.63, 3.8) is 0 Å². The van der Waals surface area contributed by atoms with Gasteiger partial charge in [0.1, 0.15) is 5.60 Å². The van der Waals surface area contributed by atoms with Gasteiger partial charge in [-0.25, -0.2) is 4.79 Å². The summed E-state index contributed by atoms with van der Waals surface area (Å²) >= 11 is 0. The van der Waals surface area contributed by atoms with E-state index in [4.69, 9.17) is 4.74 Å². The van der Waals surface area contributed by atoms with E-state index >= 15 is 0 Å². The zero-order valence-corrected chi connectivity index (χ0v) is 11.7. The van der Waals surface area contributed by atoms with Gasteiger partial charge in [0.15, 0.2) is 0 Å². The highest BCUT2D eigenvalue weighted by atomic mass is 16.6. The third kappa shape index (κ3) is 7.82. The Morgan fingerprint density at radius 3 is 2.53 bits per heavy atom. The molecule has 0 heterocycles. The zero-order valence-electron chi connectivity index (χ0n) is 11.7. The third-order valence-electron chi connectivity index (χ3n) is 2.10. The average Bonchev–Trinajstić information content (AvgIpc) is 2.32. The molecule has 1 aromatic rings. The van der Waals surface area contributed by atoms with Gasteiger partial charge in [0.2, 0.25) is 0 Å². The number of alkyl carbamates (subject to hydrolysis) is 1. The Hall–Kier alpha value is -2.03. The first-order valence-corrected chi connectivity index (χ1v) is 6.32. The van der Waals surface area contributed by atoms with Crippen LogP contribution in [0.5, 0.6) is 0 Å². The molecule has 0 fully saturated rings. The first-order valence-electron chi connectivity index (χ1n) is 6.32. The topological polar surface area (TPSA) is 38.3 Å². The third-order valence-corrected chi connectivity index (χ3v) is 2.10. The normalized spacial score (nSPS) is 11.9. The van der Waals surface area contributed by atoms with Gasteiger partial charge in [0.25, 0.3) is 0 Å². The number of hydrogen-bond donors (Lipinski definition) is 1. The molecule has 0 aliphatic heterocycles. The Balaban J connectivity index is 2.24. The van der Waals surface area contributed by atoms with Gasteiger partial charge in [0, 0.05) is 6.54 Å². The number of hydrogen-bond acceptors (Lipinski definition) is 2. The monoisotopic (exact) mass is 259 g/mol. The Bertz CT molecular complexity index is 442. The molecule has 0 saturated heterocycles. The quantitative estimate of drug-likeness (QED) is 0.836. The van der Waals surface area contributed by atoms with Crippen LogP contribution in [0.1, 0.15) is 26.3 Å². The predicted octanol–water partition coefficient (Wildman–Crippen LogP) is 3.78. The molecule has 0 aliphatic carbocycles. The minimum atomic E-state index is -0.457. The lowest BCUT2D eigenvalue weighted by Crippen LogP contribution is -2.32. The Morgan fingerprint density at radius 2 is 1.89 bits per heavy atom. The molecule has 0 unspecified atom stereocenters. The van der Waals surface area contributed by atoms with E-state index < -0.39 is 11.7 Å². The number of rotatable bonds is 4. The number of allylic oxidation sites excluding steroid dienone is 2. The molecule has 3 nitrogen and oxygen atoms in total. The van der Waals surface area contributed by atoms with Crippen LogP contribution in [0.25, 0.3) is 6.08 Å². The smallest absolute Gasteiger partial charge is 0.407 e.